The maximum Gasteiger partial charge on any atom is 0.231 e. The summed E-state index contributed by atoms with van der Waals surface area (Å²) in [5, 5.41) is 3.15. The van der Waals surface area contributed by atoms with Crippen LogP contribution in [-0.4, -0.2) is 27.1 Å². The number of carbonyl (C=O) groups excluding carboxylic acids is 2. The predicted molar refractivity (Wildman–Crippen MR) is 80.5 cm³/mol. The molecule has 0 radical (unpaired) electrons. The zero-order valence-electron chi connectivity index (χ0n) is 10.8. The summed E-state index contributed by atoms with van der Waals surface area (Å²) in [4.78, 5) is 25.8. The van der Waals surface area contributed by atoms with Gasteiger partial charge in [0.05, 0.1) is 34.6 Å². The summed E-state index contributed by atoms with van der Waals surface area (Å²) in [7, 11) is 0. The van der Waals surface area contributed by atoms with Crippen LogP contribution in [0.2, 0.25) is 5.02 Å². The second-order valence-corrected chi connectivity index (χ2v) is 5.60. The smallest absolute Gasteiger partial charge is 0.231 e. The monoisotopic (exact) mass is 322 g/mol. The first-order chi connectivity index (χ1) is 10.1. The van der Waals surface area contributed by atoms with Gasteiger partial charge in [-0.15, -0.1) is 0 Å². The van der Waals surface area contributed by atoms with E-state index in [1.807, 2.05) is 6.07 Å². The fourth-order valence-electron chi connectivity index (χ4n) is 2.23. The van der Waals surface area contributed by atoms with E-state index < -0.39 is 5.92 Å². The first-order valence-corrected chi connectivity index (χ1v) is 7.39. The average molecular weight is 323 g/mol. The third-order valence-corrected chi connectivity index (χ3v) is 4.05. The number of nitrogens with zero attached hydrogens (tertiary/aromatic N) is 3. The normalized spacial score (nSPS) is 18.0. The van der Waals surface area contributed by atoms with E-state index in [2.05, 4.69) is 14.1 Å². The number of para-hydroxylation sites is 1. The van der Waals surface area contributed by atoms with Crippen LogP contribution in [0.4, 0.5) is 11.5 Å². The van der Waals surface area contributed by atoms with Crippen molar-refractivity contribution in [2.24, 2.45) is 5.92 Å². The van der Waals surface area contributed by atoms with E-state index in [0.717, 1.165) is 11.7 Å². The van der Waals surface area contributed by atoms with Gasteiger partial charge in [0.2, 0.25) is 11.8 Å². The largest absolute Gasteiger partial charge is 0.310 e. The Morgan fingerprint density at radius 1 is 1.43 bits per heavy atom. The van der Waals surface area contributed by atoms with E-state index >= 15 is 0 Å². The van der Waals surface area contributed by atoms with Gasteiger partial charge in [-0.3, -0.25) is 9.59 Å². The maximum absolute atomic E-state index is 12.1. The van der Waals surface area contributed by atoms with Gasteiger partial charge in [0, 0.05) is 13.0 Å². The predicted octanol–water partition coefficient (Wildman–Crippen LogP) is 2.18. The Labute approximate surface area is 130 Å². The summed E-state index contributed by atoms with van der Waals surface area (Å²) in [6, 6.07) is 7.10. The van der Waals surface area contributed by atoms with Crippen molar-refractivity contribution in [1.82, 2.24) is 8.75 Å². The molecule has 0 spiro atoms. The highest BCUT2D eigenvalue weighted by atomic mass is 35.5. The van der Waals surface area contributed by atoms with Crippen molar-refractivity contribution in [1.29, 1.82) is 0 Å². The molecule has 1 aliphatic rings. The number of anilines is 2. The van der Waals surface area contributed by atoms with E-state index in [9.17, 15) is 9.59 Å². The lowest BCUT2D eigenvalue weighted by atomic mass is 10.1. The standard InChI is InChI=1S/C13H11ClN4O2S/c14-9-3-1-2-4-10(9)18-7-8(5-12(18)19)13(20)16-11-6-15-21-17-11/h1-4,6,8H,5,7H2,(H,16,17,20). The molecule has 1 aliphatic heterocycles. The molecule has 6 nitrogen and oxygen atoms in total. The number of amides is 2. The van der Waals surface area contributed by atoms with Crippen LogP contribution in [-0.2, 0) is 9.59 Å². The Morgan fingerprint density at radius 3 is 2.95 bits per heavy atom. The number of carbonyl (C=O) groups is 2. The van der Waals surface area contributed by atoms with Crippen LogP contribution < -0.4 is 10.2 Å². The van der Waals surface area contributed by atoms with Crippen molar-refractivity contribution in [3.63, 3.8) is 0 Å². The zero-order valence-corrected chi connectivity index (χ0v) is 12.4. The van der Waals surface area contributed by atoms with Gasteiger partial charge >= 0.3 is 0 Å². The van der Waals surface area contributed by atoms with Crippen LogP contribution in [0, 0.1) is 5.92 Å². The molecule has 0 saturated carbocycles. The topological polar surface area (TPSA) is 75.2 Å². The minimum absolute atomic E-state index is 0.111. The Kier molecular flexibility index (Phi) is 3.85. The lowest BCUT2D eigenvalue weighted by molar-refractivity contribution is -0.122. The highest BCUT2D eigenvalue weighted by Gasteiger charge is 2.36. The molecule has 2 heterocycles. The molecule has 2 aromatic rings. The fraction of sp³-hybridized carbons (Fsp3) is 0.231. The van der Waals surface area contributed by atoms with E-state index in [1.165, 1.54) is 6.20 Å². The van der Waals surface area contributed by atoms with Gasteiger partial charge in [0.1, 0.15) is 0 Å². The molecule has 1 saturated heterocycles. The lowest BCUT2D eigenvalue weighted by Gasteiger charge is -2.17. The lowest BCUT2D eigenvalue weighted by Crippen LogP contribution is -2.28. The number of benzene rings is 1. The number of nitrogens with one attached hydrogen (secondary N) is 1. The van der Waals surface area contributed by atoms with Gasteiger partial charge in [0.15, 0.2) is 5.82 Å². The van der Waals surface area contributed by atoms with E-state index in [4.69, 9.17) is 11.6 Å². The number of halogens is 1. The third-order valence-electron chi connectivity index (χ3n) is 3.25. The maximum atomic E-state index is 12.1. The molecule has 108 valence electrons. The van der Waals surface area contributed by atoms with Crippen molar-refractivity contribution in [3.05, 3.63) is 35.5 Å². The molecule has 1 aromatic carbocycles. The molecule has 2 amide bonds. The van der Waals surface area contributed by atoms with Crippen LogP contribution in [0.1, 0.15) is 6.42 Å². The second kappa shape index (κ2) is 5.79. The molecule has 1 N–H and O–H groups in total. The molecule has 1 aromatic heterocycles. The number of rotatable bonds is 3. The van der Waals surface area contributed by atoms with Crippen molar-refractivity contribution < 1.29 is 9.59 Å². The quantitative estimate of drug-likeness (QED) is 0.939. The first-order valence-electron chi connectivity index (χ1n) is 6.28. The summed E-state index contributed by atoms with van der Waals surface area (Å²) in [6.45, 7) is 0.311. The van der Waals surface area contributed by atoms with Crippen LogP contribution in [0.15, 0.2) is 30.5 Å². The first kappa shape index (κ1) is 14.0. The molecule has 0 aliphatic carbocycles. The molecule has 21 heavy (non-hydrogen) atoms. The molecule has 1 fully saturated rings. The van der Waals surface area contributed by atoms with Crippen LogP contribution in [0.5, 0.6) is 0 Å². The molecule has 1 unspecified atom stereocenters. The van der Waals surface area contributed by atoms with Crippen LogP contribution in [0.3, 0.4) is 0 Å². The summed E-state index contributed by atoms with van der Waals surface area (Å²) >= 11 is 7.12. The molecular weight excluding hydrogens is 312 g/mol. The molecular formula is C13H11ClN4O2S. The Hall–Kier alpha value is -1.99. The molecule has 8 heteroatoms. The average Bonchev–Trinajstić information content (AvgIpc) is 3.09. The number of hydrogen-bond acceptors (Lipinski definition) is 5. The zero-order chi connectivity index (χ0) is 14.8. The fourth-order valence-corrected chi connectivity index (χ4v) is 2.85. The Balaban J connectivity index is 1.73. The van der Waals surface area contributed by atoms with Crippen LogP contribution in [0.25, 0.3) is 0 Å². The van der Waals surface area contributed by atoms with E-state index in [0.29, 0.717) is 23.1 Å². The minimum Gasteiger partial charge on any atom is -0.310 e. The van der Waals surface area contributed by atoms with E-state index in [1.54, 1.807) is 23.1 Å². The van der Waals surface area contributed by atoms with Crippen molar-refractivity contribution in [2.45, 2.75) is 6.42 Å². The summed E-state index contributed by atoms with van der Waals surface area (Å²) < 4.78 is 7.73. The highest BCUT2D eigenvalue weighted by Crippen LogP contribution is 2.31. The van der Waals surface area contributed by atoms with E-state index in [-0.39, 0.29) is 18.2 Å². The third kappa shape index (κ3) is 2.88. The highest BCUT2D eigenvalue weighted by molar-refractivity contribution is 6.99. The van der Waals surface area contributed by atoms with Gasteiger partial charge in [0.25, 0.3) is 0 Å². The molecule has 3 rings (SSSR count). The van der Waals surface area contributed by atoms with Gasteiger partial charge in [-0.05, 0) is 12.1 Å². The van der Waals surface area contributed by atoms with Gasteiger partial charge < -0.3 is 10.2 Å². The minimum atomic E-state index is -0.421. The number of hydrogen-bond donors (Lipinski definition) is 1. The second-order valence-electron chi connectivity index (χ2n) is 4.64. The van der Waals surface area contributed by atoms with Crippen LogP contribution >= 0.6 is 23.3 Å². The summed E-state index contributed by atoms with van der Waals surface area (Å²) in [5.74, 6) is -0.352. The van der Waals surface area contributed by atoms with Crippen molar-refractivity contribution in [2.75, 3.05) is 16.8 Å². The SMILES string of the molecule is O=C(Nc1cnsn1)C1CC(=O)N(c2ccccc2Cl)C1. The summed E-state index contributed by atoms with van der Waals surface area (Å²) in [5.41, 5.74) is 0.634. The Morgan fingerprint density at radius 2 is 2.24 bits per heavy atom. The van der Waals surface area contributed by atoms with Crippen molar-refractivity contribution >= 4 is 46.6 Å². The molecule has 0 bridgehead atoms. The van der Waals surface area contributed by atoms with Gasteiger partial charge in [-0.25, -0.2) is 0 Å². The van der Waals surface area contributed by atoms with Gasteiger partial charge in [-0.2, -0.15) is 8.75 Å². The van der Waals surface area contributed by atoms with Crippen molar-refractivity contribution in [3.8, 4) is 0 Å². The Bertz CT molecular complexity index is 677. The number of aromatic nitrogens is 2. The molecule has 1 atom stereocenters. The van der Waals surface area contributed by atoms with Gasteiger partial charge in [-0.1, -0.05) is 23.7 Å². The summed E-state index contributed by atoms with van der Waals surface area (Å²) in [6.07, 6.45) is 1.64.